The number of amides is 1. The highest BCUT2D eigenvalue weighted by molar-refractivity contribution is 6.05. The number of aromatic nitrogens is 2. The second-order valence-corrected chi connectivity index (χ2v) is 7.16. The molecule has 168 valence electrons. The molecule has 1 N–H and O–H groups in total. The van der Waals surface area contributed by atoms with Gasteiger partial charge in [0.25, 0.3) is 17.3 Å². The van der Waals surface area contributed by atoms with Crippen LogP contribution in [0.2, 0.25) is 0 Å². The molecule has 2 heterocycles. The first-order chi connectivity index (χ1) is 15.9. The van der Waals surface area contributed by atoms with Crippen molar-refractivity contribution in [3.8, 4) is 11.3 Å². The SMILES string of the molecule is O=C(Nc1ccc(-c2ccc(N3CCOCC3)nn2)cc1)c1cc([N+](=O)[O-])cc([N+](=O)[O-])c1. The highest BCUT2D eigenvalue weighted by Gasteiger charge is 2.20. The fourth-order valence-corrected chi connectivity index (χ4v) is 3.30. The number of nitrogens with one attached hydrogen (secondary N) is 1. The number of nitro groups is 2. The minimum Gasteiger partial charge on any atom is -0.378 e. The number of rotatable bonds is 6. The molecule has 0 bridgehead atoms. The molecule has 33 heavy (non-hydrogen) atoms. The minimum absolute atomic E-state index is 0.190. The van der Waals surface area contributed by atoms with E-state index in [-0.39, 0.29) is 5.56 Å². The monoisotopic (exact) mass is 450 g/mol. The number of carbonyl (C=O) groups is 1. The van der Waals surface area contributed by atoms with Gasteiger partial charge in [0.15, 0.2) is 5.82 Å². The van der Waals surface area contributed by atoms with E-state index in [1.165, 1.54) is 0 Å². The summed E-state index contributed by atoms with van der Waals surface area (Å²) in [6, 6.07) is 13.3. The van der Waals surface area contributed by atoms with Crippen LogP contribution in [0.15, 0.2) is 54.6 Å². The summed E-state index contributed by atoms with van der Waals surface area (Å²) < 4.78 is 5.33. The normalized spacial score (nSPS) is 13.4. The molecule has 0 radical (unpaired) electrons. The van der Waals surface area contributed by atoms with Crippen LogP contribution in [-0.4, -0.2) is 52.3 Å². The largest absolute Gasteiger partial charge is 0.378 e. The number of ether oxygens (including phenoxy) is 1. The van der Waals surface area contributed by atoms with Gasteiger partial charge in [0.05, 0.1) is 40.4 Å². The van der Waals surface area contributed by atoms with Crippen molar-refractivity contribution < 1.29 is 19.4 Å². The van der Waals surface area contributed by atoms with Crippen molar-refractivity contribution in [2.75, 3.05) is 36.5 Å². The van der Waals surface area contributed by atoms with Gasteiger partial charge in [0.1, 0.15) is 0 Å². The molecule has 1 aromatic heterocycles. The number of hydrogen-bond donors (Lipinski definition) is 1. The van der Waals surface area contributed by atoms with Crippen molar-refractivity contribution in [1.29, 1.82) is 0 Å². The minimum atomic E-state index is -0.788. The lowest BCUT2D eigenvalue weighted by Gasteiger charge is -2.27. The van der Waals surface area contributed by atoms with E-state index in [2.05, 4.69) is 20.4 Å². The number of non-ortho nitro benzene ring substituents is 2. The van der Waals surface area contributed by atoms with Crippen LogP contribution >= 0.6 is 0 Å². The Bertz CT molecular complexity index is 1160. The van der Waals surface area contributed by atoms with Gasteiger partial charge in [0.2, 0.25) is 0 Å². The van der Waals surface area contributed by atoms with Crippen LogP contribution in [0.25, 0.3) is 11.3 Å². The van der Waals surface area contributed by atoms with Crippen molar-refractivity contribution in [3.05, 3.63) is 80.4 Å². The Hall–Kier alpha value is -4.45. The molecule has 2 aromatic carbocycles. The van der Waals surface area contributed by atoms with E-state index >= 15 is 0 Å². The Kier molecular flexibility index (Phi) is 6.17. The molecule has 3 aromatic rings. The van der Waals surface area contributed by atoms with Crippen molar-refractivity contribution in [3.63, 3.8) is 0 Å². The number of nitro benzene ring substituents is 2. The van der Waals surface area contributed by atoms with Crippen LogP contribution in [0.3, 0.4) is 0 Å². The van der Waals surface area contributed by atoms with Gasteiger partial charge in [-0.2, -0.15) is 0 Å². The van der Waals surface area contributed by atoms with Crippen molar-refractivity contribution in [2.24, 2.45) is 0 Å². The fraction of sp³-hybridized carbons (Fsp3) is 0.190. The molecule has 4 rings (SSSR count). The van der Waals surface area contributed by atoms with Crippen LogP contribution in [0.5, 0.6) is 0 Å². The number of carbonyl (C=O) groups excluding carboxylic acids is 1. The van der Waals surface area contributed by atoms with Crippen LogP contribution < -0.4 is 10.2 Å². The van der Waals surface area contributed by atoms with Gasteiger partial charge in [-0.1, -0.05) is 12.1 Å². The summed E-state index contributed by atoms with van der Waals surface area (Å²) in [5.41, 5.74) is 0.576. The van der Waals surface area contributed by atoms with Crippen molar-refractivity contribution in [2.45, 2.75) is 0 Å². The van der Waals surface area contributed by atoms with Gasteiger partial charge < -0.3 is 15.0 Å². The van der Waals surface area contributed by atoms with Crippen molar-refractivity contribution >= 4 is 28.8 Å². The first kappa shape index (κ1) is 21.8. The summed E-state index contributed by atoms with van der Waals surface area (Å²) in [4.78, 5) is 35.1. The van der Waals surface area contributed by atoms with E-state index in [1.807, 2.05) is 12.1 Å². The molecule has 1 aliphatic rings. The topological polar surface area (TPSA) is 154 Å². The summed E-state index contributed by atoms with van der Waals surface area (Å²) in [5, 5.41) is 33.2. The summed E-state index contributed by atoms with van der Waals surface area (Å²) in [6.45, 7) is 2.83. The van der Waals surface area contributed by atoms with Gasteiger partial charge in [-0.3, -0.25) is 25.0 Å². The molecule has 1 amide bonds. The Balaban J connectivity index is 1.47. The maximum absolute atomic E-state index is 12.5. The fourth-order valence-electron chi connectivity index (χ4n) is 3.30. The summed E-state index contributed by atoms with van der Waals surface area (Å²) >= 11 is 0. The molecule has 12 nitrogen and oxygen atoms in total. The Morgan fingerprint density at radius 3 is 2.09 bits per heavy atom. The Morgan fingerprint density at radius 2 is 1.55 bits per heavy atom. The Labute approximate surface area is 187 Å². The highest BCUT2D eigenvalue weighted by atomic mass is 16.6. The third-order valence-electron chi connectivity index (χ3n) is 5.01. The molecule has 12 heteroatoms. The number of hydrogen-bond acceptors (Lipinski definition) is 9. The lowest BCUT2D eigenvalue weighted by molar-refractivity contribution is -0.394. The van der Waals surface area contributed by atoms with Crippen molar-refractivity contribution in [1.82, 2.24) is 10.2 Å². The molecule has 1 fully saturated rings. The van der Waals surface area contributed by atoms with Gasteiger partial charge in [-0.05, 0) is 24.3 Å². The third-order valence-corrected chi connectivity index (χ3v) is 5.01. The second kappa shape index (κ2) is 9.36. The molecular weight excluding hydrogens is 432 g/mol. The number of benzene rings is 2. The van der Waals surface area contributed by atoms with E-state index in [0.29, 0.717) is 24.6 Å². The zero-order valence-electron chi connectivity index (χ0n) is 17.2. The van der Waals surface area contributed by atoms with Crippen LogP contribution in [0, 0.1) is 20.2 Å². The van der Waals surface area contributed by atoms with Gasteiger partial charge >= 0.3 is 0 Å². The molecule has 0 aliphatic carbocycles. The van der Waals surface area contributed by atoms with E-state index in [4.69, 9.17) is 4.74 Å². The maximum atomic E-state index is 12.5. The van der Waals surface area contributed by atoms with E-state index in [1.54, 1.807) is 24.3 Å². The number of morpholine rings is 1. The van der Waals surface area contributed by atoms with Crippen LogP contribution in [-0.2, 0) is 4.74 Å². The molecular formula is C21H18N6O6. The average molecular weight is 450 g/mol. The van der Waals surface area contributed by atoms with E-state index in [0.717, 1.165) is 42.7 Å². The van der Waals surface area contributed by atoms with Crippen LogP contribution in [0.1, 0.15) is 10.4 Å². The van der Waals surface area contributed by atoms with E-state index < -0.39 is 27.1 Å². The lowest BCUT2D eigenvalue weighted by atomic mass is 10.1. The number of nitrogens with zero attached hydrogens (tertiary/aromatic N) is 5. The molecule has 0 saturated carbocycles. The zero-order valence-corrected chi connectivity index (χ0v) is 17.2. The van der Waals surface area contributed by atoms with Gasteiger partial charge in [0, 0.05) is 36.5 Å². The Morgan fingerprint density at radius 1 is 0.909 bits per heavy atom. The van der Waals surface area contributed by atoms with Gasteiger partial charge in [-0.25, -0.2) is 0 Å². The second-order valence-electron chi connectivity index (χ2n) is 7.16. The van der Waals surface area contributed by atoms with E-state index in [9.17, 15) is 25.0 Å². The standard InChI is InChI=1S/C21H18N6O6/c28-21(15-11-17(26(29)30)13-18(12-15)27(31)32)22-16-3-1-14(2-4-16)19-5-6-20(24-23-19)25-7-9-33-10-8-25/h1-6,11-13H,7-10H2,(H,22,28). The molecule has 0 atom stereocenters. The highest BCUT2D eigenvalue weighted by Crippen LogP contribution is 2.25. The summed E-state index contributed by atoms with van der Waals surface area (Å²) in [5.74, 6) is 0.0705. The zero-order chi connectivity index (χ0) is 23.4. The molecule has 0 spiro atoms. The van der Waals surface area contributed by atoms with Gasteiger partial charge in [-0.15, -0.1) is 10.2 Å². The quantitative estimate of drug-likeness (QED) is 0.441. The predicted molar refractivity (Wildman–Crippen MR) is 118 cm³/mol. The summed E-state index contributed by atoms with van der Waals surface area (Å²) in [7, 11) is 0. The summed E-state index contributed by atoms with van der Waals surface area (Å²) in [6.07, 6.45) is 0. The number of anilines is 2. The molecule has 1 saturated heterocycles. The predicted octanol–water partition coefficient (Wildman–Crippen LogP) is 3.05. The maximum Gasteiger partial charge on any atom is 0.277 e. The van der Waals surface area contributed by atoms with Crippen LogP contribution in [0.4, 0.5) is 22.9 Å². The third kappa shape index (κ3) is 5.07. The lowest BCUT2D eigenvalue weighted by Crippen LogP contribution is -2.36. The molecule has 1 aliphatic heterocycles. The first-order valence-corrected chi connectivity index (χ1v) is 9.93. The smallest absolute Gasteiger partial charge is 0.277 e. The molecule has 0 unspecified atom stereocenters. The average Bonchev–Trinajstić information content (AvgIpc) is 2.85. The first-order valence-electron chi connectivity index (χ1n) is 9.93.